The quantitative estimate of drug-likeness (QED) is 0.755. The monoisotopic (exact) mass is 304 g/mol. The largest absolute Gasteiger partial charge is 0.481 e. The molecule has 3 heterocycles. The van der Waals surface area contributed by atoms with Gasteiger partial charge in [-0.05, 0) is 11.6 Å². The van der Waals surface area contributed by atoms with Crippen LogP contribution in [0.1, 0.15) is 11.3 Å². The van der Waals surface area contributed by atoms with Gasteiger partial charge in [0.2, 0.25) is 11.8 Å². The van der Waals surface area contributed by atoms with Crippen molar-refractivity contribution < 1.29 is 9.47 Å². The first-order valence-electron chi connectivity index (χ1n) is 6.50. The third-order valence-corrected chi connectivity index (χ3v) is 3.90. The Kier molecular flexibility index (Phi) is 4.03. The van der Waals surface area contributed by atoms with E-state index in [1.54, 1.807) is 31.8 Å². The zero-order valence-electron chi connectivity index (χ0n) is 11.9. The molecule has 0 aromatic carbocycles. The Bertz CT molecular complexity index is 737. The second kappa shape index (κ2) is 6.11. The number of thiazole rings is 1. The van der Waals surface area contributed by atoms with E-state index in [9.17, 15) is 0 Å². The van der Waals surface area contributed by atoms with E-state index < -0.39 is 0 Å². The number of ether oxygens (including phenoxy) is 2. The van der Waals surface area contributed by atoms with Crippen molar-refractivity contribution in [2.24, 2.45) is 0 Å². The molecule has 3 aromatic heterocycles. The molecule has 0 radical (unpaired) electrons. The molecule has 0 aliphatic heterocycles. The summed E-state index contributed by atoms with van der Waals surface area (Å²) >= 11 is 1.59. The minimum atomic E-state index is 0.622. The summed E-state index contributed by atoms with van der Waals surface area (Å²) < 4.78 is 12.5. The van der Waals surface area contributed by atoms with E-state index in [4.69, 9.17) is 9.47 Å². The van der Waals surface area contributed by atoms with E-state index in [1.165, 1.54) is 0 Å². The van der Waals surface area contributed by atoms with Crippen LogP contribution in [0, 0.1) is 0 Å². The predicted molar refractivity (Wildman–Crippen MR) is 81.0 cm³/mol. The van der Waals surface area contributed by atoms with E-state index in [0.717, 1.165) is 22.8 Å². The molecule has 3 rings (SSSR count). The molecule has 3 aromatic rings. The van der Waals surface area contributed by atoms with Gasteiger partial charge in [0.25, 0.3) is 0 Å². The Balaban J connectivity index is 1.70. The van der Waals surface area contributed by atoms with Gasteiger partial charge >= 0.3 is 0 Å². The number of aromatic nitrogens is 3. The van der Waals surface area contributed by atoms with Crippen molar-refractivity contribution in [2.75, 3.05) is 14.2 Å². The standard InChI is InChI=1S/C14H16N4O2S/c1-19-12-7-10(3-4-16-12)8-15-9-11-13(20-2)17-14-18(11)5-6-21-14/h3-7,15H,8-9H2,1-2H3. The number of hydrogen-bond acceptors (Lipinski definition) is 6. The Morgan fingerprint density at radius 2 is 2.19 bits per heavy atom. The van der Waals surface area contributed by atoms with Crippen LogP contribution in [0.15, 0.2) is 29.9 Å². The molecule has 0 aliphatic rings. The molecule has 0 bridgehead atoms. The SMILES string of the molecule is COc1cc(CNCc2c(OC)nc3sccn23)ccn1. The Labute approximate surface area is 126 Å². The van der Waals surface area contributed by atoms with Crippen LogP contribution in [0.4, 0.5) is 0 Å². The Morgan fingerprint density at radius 1 is 1.29 bits per heavy atom. The molecule has 21 heavy (non-hydrogen) atoms. The highest BCUT2D eigenvalue weighted by Gasteiger charge is 2.12. The van der Waals surface area contributed by atoms with E-state index in [2.05, 4.69) is 15.3 Å². The third-order valence-electron chi connectivity index (χ3n) is 3.15. The van der Waals surface area contributed by atoms with Crippen molar-refractivity contribution in [1.82, 2.24) is 19.7 Å². The van der Waals surface area contributed by atoms with Crippen LogP contribution in [0.25, 0.3) is 4.96 Å². The van der Waals surface area contributed by atoms with Crippen molar-refractivity contribution in [3.8, 4) is 11.8 Å². The first-order valence-corrected chi connectivity index (χ1v) is 7.38. The number of rotatable bonds is 6. The van der Waals surface area contributed by atoms with Gasteiger partial charge in [0.1, 0.15) is 5.69 Å². The maximum Gasteiger partial charge on any atom is 0.237 e. The molecule has 110 valence electrons. The maximum absolute atomic E-state index is 5.33. The number of hydrogen-bond donors (Lipinski definition) is 1. The van der Waals surface area contributed by atoms with E-state index in [1.807, 2.05) is 28.1 Å². The van der Waals surface area contributed by atoms with E-state index in [0.29, 0.717) is 18.3 Å². The third kappa shape index (κ3) is 2.84. The summed E-state index contributed by atoms with van der Waals surface area (Å²) in [6.45, 7) is 1.39. The van der Waals surface area contributed by atoms with Crippen molar-refractivity contribution in [3.63, 3.8) is 0 Å². The number of nitrogens with zero attached hydrogens (tertiary/aromatic N) is 3. The summed E-state index contributed by atoms with van der Waals surface area (Å²) in [5.74, 6) is 1.29. The number of methoxy groups -OCH3 is 2. The lowest BCUT2D eigenvalue weighted by Crippen LogP contribution is -2.14. The van der Waals surface area contributed by atoms with Crippen LogP contribution >= 0.6 is 11.3 Å². The molecule has 0 unspecified atom stereocenters. The molecule has 0 spiro atoms. The molecule has 0 atom stereocenters. The maximum atomic E-state index is 5.33. The molecule has 6 nitrogen and oxygen atoms in total. The molecule has 0 amide bonds. The van der Waals surface area contributed by atoms with Crippen molar-refractivity contribution in [1.29, 1.82) is 0 Å². The van der Waals surface area contributed by atoms with E-state index in [-0.39, 0.29) is 0 Å². The van der Waals surface area contributed by atoms with Gasteiger partial charge in [0.15, 0.2) is 4.96 Å². The zero-order chi connectivity index (χ0) is 14.7. The fraction of sp³-hybridized carbons (Fsp3) is 0.286. The fourth-order valence-electron chi connectivity index (χ4n) is 2.13. The van der Waals surface area contributed by atoms with Crippen LogP contribution in [0.2, 0.25) is 0 Å². The minimum Gasteiger partial charge on any atom is -0.481 e. The predicted octanol–water partition coefficient (Wildman–Crippen LogP) is 2.10. The molecule has 0 fully saturated rings. The average Bonchev–Trinajstić information content (AvgIpc) is 3.09. The molecular formula is C14H16N4O2S. The number of imidazole rings is 1. The smallest absolute Gasteiger partial charge is 0.237 e. The lowest BCUT2D eigenvalue weighted by atomic mass is 10.2. The van der Waals surface area contributed by atoms with Crippen LogP contribution in [0.5, 0.6) is 11.8 Å². The van der Waals surface area contributed by atoms with Crippen LogP contribution < -0.4 is 14.8 Å². The molecule has 7 heteroatoms. The second-order valence-electron chi connectivity index (χ2n) is 4.43. The van der Waals surface area contributed by atoms with Gasteiger partial charge in [0, 0.05) is 36.9 Å². The van der Waals surface area contributed by atoms with Gasteiger partial charge in [-0.2, -0.15) is 4.98 Å². The lowest BCUT2D eigenvalue weighted by molar-refractivity contribution is 0.392. The van der Waals surface area contributed by atoms with Crippen molar-refractivity contribution in [3.05, 3.63) is 41.2 Å². The van der Waals surface area contributed by atoms with Gasteiger partial charge in [-0.25, -0.2) is 4.98 Å². The Hall–Kier alpha value is -2.12. The fourth-order valence-corrected chi connectivity index (χ4v) is 2.86. The van der Waals surface area contributed by atoms with Gasteiger partial charge in [-0.15, -0.1) is 11.3 Å². The Morgan fingerprint density at radius 3 is 3.00 bits per heavy atom. The number of fused-ring (bicyclic) bond motifs is 1. The average molecular weight is 304 g/mol. The highest BCUT2D eigenvalue weighted by molar-refractivity contribution is 7.15. The van der Waals surface area contributed by atoms with E-state index >= 15 is 0 Å². The second-order valence-corrected chi connectivity index (χ2v) is 5.31. The molecule has 0 aliphatic carbocycles. The summed E-state index contributed by atoms with van der Waals surface area (Å²) in [4.78, 5) is 9.47. The zero-order valence-corrected chi connectivity index (χ0v) is 12.7. The van der Waals surface area contributed by atoms with Crippen molar-refractivity contribution in [2.45, 2.75) is 13.1 Å². The highest BCUT2D eigenvalue weighted by Crippen LogP contribution is 2.22. The molecule has 0 saturated carbocycles. The minimum absolute atomic E-state index is 0.622. The summed E-state index contributed by atoms with van der Waals surface area (Å²) in [6, 6.07) is 3.88. The first kappa shape index (κ1) is 13.8. The summed E-state index contributed by atoms with van der Waals surface area (Å²) in [6.07, 6.45) is 3.74. The van der Waals surface area contributed by atoms with Gasteiger partial charge in [-0.1, -0.05) is 0 Å². The van der Waals surface area contributed by atoms with Crippen molar-refractivity contribution >= 4 is 16.3 Å². The lowest BCUT2D eigenvalue weighted by Gasteiger charge is -2.07. The van der Waals surface area contributed by atoms with Crippen LogP contribution in [-0.2, 0) is 13.1 Å². The first-order chi connectivity index (χ1) is 10.3. The van der Waals surface area contributed by atoms with Crippen LogP contribution in [-0.4, -0.2) is 28.6 Å². The number of pyridine rings is 1. The number of nitrogens with one attached hydrogen (secondary N) is 1. The highest BCUT2D eigenvalue weighted by atomic mass is 32.1. The summed E-state index contributed by atoms with van der Waals surface area (Å²) in [5.41, 5.74) is 2.14. The van der Waals surface area contributed by atoms with Gasteiger partial charge < -0.3 is 14.8 Å². The molecular weight excluding hydrogens is 288 g/mol. The van der Waals surface area contributed by atoms with Crippen LogP contribution in [0.3, 0.4) is 0 Å². The molecule has 0 saturated heterocycles. The molecule has 1 N–H and O–H groups in total. The topological polar surface area (TPSA) is 60.7 Å². The van der Waals surface area contributed by atoms with Gasteiger partial charge in [0.05, 0.1) is 14.2 Å². The van der Waals surface area contributed by atoms with Gasteiger partial charge in [-0.3, -0.25) is 4.40 Å². The summed E-state index contributed by atoms with van der Waals surface area (Å²) in [5, 5.41) is 5.41. The normalized spacial score (nSPS) is 11.0. The summed E-state index contributed by atoms with van der Waals surface area (Å²) in [7, 11) is 3.26.